The summed E-state index contributed by atoms with van der Waals surface area (Å²) in [6, 6.07) is 12.1. The molecule has 0 saturated heterocycles. The highest BCUT2D eigenvalue weighted by molar-refractivity contribution is 8.00. The minimum Gasteiger partial charge on any atom is -0.504 e. The first kappa shape index (κ1) is 13.5. The van der Waals surface area contributed by atoms with Crippen molar-refractivity contribution in [1.29, 1.82) is 0 Å². The van der Waals surface area contributed by atoms with E-state index in [1.54, 1.807) is 0 Å². The van der Waals surface area contributed by atoms with Crippen LogP contribution in [0.2, 0.25) is 0 Å². The van der Waals surface area contributed by atoms with E-state index < -0.39 is 0 Å². The van der Waals surface area contributed by atoms with E-state index in [4.69, 9.17) is 0 Å². The minimum absolute atomic E-state index is 0.0825. The van der Waals surface area contributed by atoms with Crippen molar-refractivity contribution in [2.75, 3.05) is 5.75 Å². The molecule has 2 aromatic carbocycles. The molecule has 0 radical (unpaired) electrons. The summed E-state index contributed by atoms with van der Waals surface area (Å²) in [6.07, 6.45) is 0. The quantitative estimate of drug-likeness (QED) is 0.510. The monoisotopic (exact) mass is 274 g/mol. The normalized spacial score (nSPS) is 10.4. The van der Waals surface area contributed by atoms with Gasteiger partial charge in [0.05, 0.1) is 5.75 Å². The highest BCUT2D eigenvalue weighted by Crippen LogP contribution is 2.26. The Hall–Kier alpha value is -1.94. The van der Waals surface area contributed by atoms with Crippen LogP contribution >= 0.6 is 11.8 Å². The zero-order chi connectivity index (χ0) is 13.8. The molecule has 0 unspecified atom stereocenters. The van der Waals surface area contributed by atoms with E-state index in [0.717, 1.165) is 4.90 Å². The van der Waals surface area contributed by atoms with Gasteiger partial charge in [0, 0.05) is 10.5 Å². The van der Waals surface area contributed by atoms with Crippen LogP contribution in [0.3, 0.4) is 0 Å². The maximum Gasteiger partial charge on any atom is 0.173 e. The van der Waals surface area contributed by atoms with Crippen LogP contribution in [0.4, 0.5) is 0 Å². The fourth-order valence-corrected chi connectivity index (χ4v) is 2.36. The summed E-state index contributed by atoms with van der Waals surface area (Å²) in [5.41, 5.74) is 1.58. The molecule has 0 aliphatic rings. The lowest BCUT2D eigenvalue weighted by molar-refractivity contribution is 0.102. The molecule has 19 heavy (non-hydrogen) atoms. The SMILES string of the molecule is Cc1ccc(SCC(=O)c2ccc(O)c(O)c2)cc1. The number of ketones is 1. The minimum atomic E-state index is -0.272. The molecule has 0 aliphatic heterocycles. The van der Waals surface area contributed by atoms with Crippen LogP contribution in [-0.4, -0.2) is 21.7 Å². The summed E-state index contributed by atoms with van der Waals surface area (Å²) in [4.78, 5) is 13.0. The van der Waals surface area contributed by atoms with Gasteiger partial charge in [0.2, 0.25) is 0 Å². The highest BCUT2D eigenvalue weighted by Gasteiger charge is 2.09. The Morgan fingerprint density at radius 2 is 1.74 bits per heavy atom. The molecule has 0 atom stereocenters. The Bertz CT molecular complexity index is 591. The zero-order valence-corrected chi connectivity index (χ0v) is 11.3. The number of benzene rings is 2. The van der Waals surface area contributed by atoms with Gasteiger partial charge in [0.25, 0.3) is 0 Å². The van der Waals surface area contributed by atoms with E-state index in [2.05, 4.69) is 0 Å². The van der Waals surface area contributed by atoms with Crippen LogP contribution in [0.25, 0.3) is 0 Å². The molecule has 0 amide bonds. The van der Waals surface area contributed by atoms with Crippen molar-refractivity contribution in [2.24, 2.45) is 0 Å². The van der Waals surface area contributed by atoms with Gasteiger partial charge in [-0.15, -0.1) is 11.8 Å². The van der Waals surface area contributed by atoms with Gasteiger partial charge in [-0.3, -0.25) is 4.79 Å². The molecule has 0 bridgehead atoms. The van der Waals surface area contributed by atoms with E-state index in [-0.39, 0.29) is 17.3 Å². The number of thioether (sulfide) groups is 1. The van der Waals surface area contributed by atoms with Gasteiger partial charge >= 0.3 is 0 Å². The number of carbonyl (C=O) groups is 1. The zero-order valence-electron chi connectivity index (χ0n) is 10.5. The van der Waals surface area contributed by atoms with E-state index in [0.29, 0.717) is 11.3 Å². The molecule has 2 rings (SSSR count). The van der Waals surface area contributed by atoms with Crippen molar-refractivity contribution in [3.8, 4) is 11.5 Å². The molecule has 98 valence electrons. The summed E-state index contributed by atoms with van der Waals surface area (Å²) in [5.74, 6) is -0.275. The Labute approximate surface area is 115 Å². The van der Waals surface area contributed by atoms with Crippen LogP contribution in [0.1, 0.15) is 15.9 Å². The van der Waals surface area contributed by atoms with Crippen LogP contribution in [0.15, 0.2) is 47.4 Å². The molecular weight excluding hydrogens is 260 g/mol. The Kier molecular flexibility index (Phi) is 4.12. The lowest BCUT2D eigenvalue weighted by Gasteiger charge is -2.04. The number of hydrogen-bond acceptors (Lipinski definition) is 4. The second-order valence-electron chi connectivity index (χ2n) is 4.23. The summed E-state index contributed by atoms with van der Waals surface area (Å²) in [7, 11) is 0. The number of hydrogen-bond donors (Lipinski definition) is 2. The van der Waals surface area contributed by atoms with Crippen LogP contribution < -0.4 is 0 Å². The summed E-state index contributed by atoms with van der Waals surface area (Å²) < 4.78 is 0. The summed E-state index contributed by atoms with van der Waals surface area (Å²) in [5, 5.41) is 18.5. The second-order valence-corrected chi connectivity index (χ2v) is 5.28. The first-order valence-electron chi connectivity index (χ1n) is 5.81. The molecule has 4 heteroatoms. The van der Waals surface area contributed by atoms with Gasteiger partial charge in [0.1, 0.15) is 0 Å². The Balaban J connectivity index is 2.01. The predicted octanol–water partition coefficient (Wildman–Crippen LogP) is 3.38. The van der Waals surface area contributed by atoms with Crippen LogP contribution in [0, 0.1) is 6.92 Å². The first-order chi connectivity index (χ1) is 9.06. The number of aryl methyl sites for hydroxylation is 1. The lowest BCUT2D eigenvalue weighted by Crippen LogP contribution is -2.01. The largest absolute Gasteiger partial charge is 0.504 e. The van der Waals surface area contributed by atoms with E-state index in [1.165, 1.54) is 35.5 Å². The lowest BCUT2D eigenvalue weighted by atomic mass is 10.1. The number of carbonyl (C=O) groups excluding carboxylic acids is 1. The second kappa shape index (κ2) is 5.80. The fourth-order valence-electron chi connectivity index (χ4n) is 1.56. The molecule has 0 aromatic heterocycles. The van der Waals surface area contributed by atoms with E-state index >= 15 is 0 Å². The van der Waals surface area contributed by atoms with Crippen LogP contribution in [-0.2, 0) is 0 Å². The standard InChI is InChI=1S/C15H14O3S/c1-10-2-5-12(6-3-10)19-9-15(18)11-4-7-13(16)14(17)8-11/h2-8,16-17H,9H2,1H3. The summed E-state index contributed by atoms with van der Waals surface area (Å²) in [6.45, 7) is 2.01. The van der Waals surface area contributed by atoms with Gasteiger partial charge < -0.3 is 10.2 Å². The van der Waals surface area contributed by atoms with Crippen molar-refractivity contribution >= 4 is 17.5 Å². The maximum absolute atomic E-state index is 11.9. The summed E-state index contributed by atoms with van der Waals surface area (Å²) >= 11 is 1.45. The van der Waals surface area contributed by atoms with Crippen molar-refractivity contribution in [2.45, 2.75) is 11.8 Å². The number of Topliss-reactive ketones (excluding diaryl/α,β-unsaturated/α-hetero) is 1. The highest BCUT2D eigenvalue weighted by atomic mass is 32.2. The van der Waals surface area contributed by atoms with Crippen molar-refractivity contribution in [3.05, 3.63) is 53.6 Å². The molecule has 0 fully saturated rings. The Morgan fingerprint density at radius 1 is 1.05 bits per heavy atom. The van der Waals surface area contributed by atoms with Crippen molar-refractivity contribution in [1.82, 2.24) is 0 Å². The van der Waals surface area contributed by atoms with Gasteiger partial charge in [0.15, 0.2) is 17.3 Å². The van der Waals surface area contributed by atoms with Gasteiger partial charge in [-0.1, -0.05) is 17.7 Å². The average Bonchev–Trinajstić information content (AvgIpc) is 2.41. The number of rotatable bonds is 4. The third-order valence-corrected chi connectivity index (χ3v) is 3.70. The molecule has 3 nitrogen and oxygen atoms in total. The fraction of sp³-hybridized carbons (Fsp3) is 0.133. The molecule has 0 spiro atoms. The van der Waals surface area contributed by atoms with Gasteiger partial charge in [-0.2, -0.15) is 0 Å². The molecular formula is C15H14O3S. The molecule has 0 saturated carbocycles. The Morgan fingerprint density at radius 3 is 2.37 bits per heavy atom. The smallest absolute Gasteiger partial charge is 0.173 e. The average molecular weight is 274 g/mol. The van der Waals surface area contributed by atoms with E-state index in [9.17, 15) is 15.0 Å². The third kappa shape index (κ3) is 3.51. The predicted molar refractivity (Wildman–Crippen MR) is 76.0 cm³/mol. The molecule has 0 aliphatic carbocycles. The molecule has 2 N–H and O–H groups in total. The maximum atomic E-state index is 11.9. The van der Waals surface area contributed by atoms with Crippen LogP contribution in [0.5, 0.6) is 11.5 Å². The van der Waals surface area contributed by atoms with Gasteiger partial charge in [-0.25, -0.2) is 0 Å². The third-order valence-electron chi connectivity index (χ3n) is 2.69. The van der Waals surface area contributed by atoms with Crippen molar-refractivity contribution in [3.63, 3.8) is 0 Å². The van der Waals surface area contributed by atoms with Crippen molar-refractivity contribution < 1.29 is 15.0 Å². The number of phenolic OH excluding ortho intramolecular Hbond substituents is 2. The number of aromatic hydroxyl groups is 2. The van der Waals surface area contributed by atoms with E-state index in [1.807, 2.05) is 31.2 Å². The molecule has 0 heterocycles. The molecule has 2 aromatic rings. The topological polar surface area (TPSA) is 57.5 Å². The number of phenols is 2. The first-order valence-corrected chi connectivity index (χ1v) is 6.79. The van der Waals surface area contributed by atoms with Gasteiger partial charge in [-0.05, 0) is 37.3 Å².